The Morgan fingerprint density at radius 2 is 2.44 bits per heavy atom. The SMILES string of the molecule is CCNC1COCC1C(=O)NCc1cn[nH]c1C. The number of nitrogens with zero attached hydrogens (tertiary/aromatic N) is 1. The van der Waals surface area contributed by atoms with Crippen LogP contribution in [0.15, 0.2) is 6.20 Å². The first-order chi connectivity index (χ1) is 8.72. The monoisotopic (exact) mass is 252 g/mol. The quantitative estimate of drug-likeness (QED) is 0.687. The van der Waals surface area contributed by atoms with Crippen molar-refractivity contribution in [2.45, 2.75) is 26.4 Å². The molecule has 0 aromatic carbocycles. The fourth-order valence-corrected chi connectivity index (χ4v) is 2.14. The molecule has 6 nitrogen and oxygen atoms in total. The lowest BCUT2D eigenvalue weighted by atomic mass is 10.0. The van der Waals surface area contributed by atoms with Crippen LogP contribution < -0.4 is 10.6 Å². The zero-order chi connectivity index (χ0) is 13.0. The van der Waals surface area contributed by atoms with E-state index < -0.39 is 0 Å². The first-order valence-corrected chi connectivity index (χ1v) is 6.30. The lowest BCUT2D eigenvalue weighted by molar-refractivity contribution is -0.125. The summed E-state index contributed by atoms with van der Waals surface area (Å²) >= 11 is 0. The summed E-state index contributed by atoms with van der Waals surface area (Å²) in [5.74, 6) is -0.0591. The molecule has 2 rings (SSSR count). The van der Waals surface area contributed by atoms with E-state index in [1.165, 1.54) is 0 Å². The number of ether oxygens (including phenoxy) is 1. The smallest absolute Gasteiger partial charge is 0.227 e. The van der Waals surface area contributed by atoms with E-state index in [1.54, 1.807) is 6.20 Å². The van der Waals surface area contributed by atoms with Gasteiger partial charge in [0.2, 0.25) is 5.91 Å². The number of hydrogen-bond acceptors (Lipinski definition) is 4. The van der Waals surface area contributed by atoms with Crippen molar-refractivity contribution in [3.8, 4) is 0 Å². The van der Waals surface area contributed by atoms with E-state index in [4.69, 9.17) is 4.74 Å². The number of H-pyrrole nitrogens is 1. The second-order valence-electron chi connectivity index (χ2n) is 4.55. The number of hydrogen-bond donors (Lipinski definition) is 3. The highest BCUT2D eigenvalue weighted by molar-refractivity contribution is 5.79. The van der Waals surface area contributed by atoms with Crippen molar-refractivity contribution < 1.29 is 9.53 Å². The van der Waals surface area contributed by atoms with Crippen LogP contribution in [0.1, 0.15) is 18.2 Å². The Morgan fingerprint density at radius 3 is 3.11 bits per heavy atom. The molecule has 1 aromatic rings. The van der Waals surface area contributed by atoms with Gasteiger partial charge in [-0.05, 0) is 13.5 Å². The second kappa shape index (κ2) is 5.97. The predicted octanol–water partition coefficient (Wildman–Crippen LogP) is -0.0412. The van der Waals surface area contributed by atoms with Crippen molar-refractivity contribution in [1.29, 1.82) is 0 Å². The molecular formula is C12H20N4O2. The van der Waals surface area contributed by atoms with Gasteiger partial charge in [0, 0.05) is 23.8 Å². The van der Waals surface area contributed by atoms with Crippen LogP contribution >= 0.6 is 0 Å². The van der Waals surface area contributed by atoms with Crippen molar-refractivity contribution in [2.75, 3.05) is 19.8 Å². The largest absolute Gasteiger partial charge is 0.379 e. The minimum Gasteiger partial charge on any atom is -0.379 e. The molecule has 1 aliphatic heterocycles. The fourth-order valence-electron chi connectivity index (χ4n) is 2.14. The normalized spacial score (nSPS) is 23.2. The molecule has 0 aliphatic carbocycles. The van der Waals surface area contributed by atoms with Gasteiger partial charge in [-0.1, -0.05) is 6.92 Å². The van der Waals surface area contributed by atoms with Crippen molar-refractivity contribution in [1.82, 2.24) is 20.8 Å². The molecule has 2 heterocycles. The maximum Gasteiger partial charge on any atom is 0.227 e. The average Bonchev–Trinajstić information content (AvgIpc) is 2.96. The number of aryl methyl sites for hydroxylation is 1. The molecule has 0 radical (unpaired) electrons. The number of rotatable bonds is 5. The van der Waals surface area contributed by atoms with Crippen LogP contribution in [0.3, 0.4) is 0 Å². The Morgan fingerprint density at radius 1 is 1.61 bits per heavy atom. The molecule has 2 atom stereocenters. The summed E-state index contributed by atoms with van der Waals surface area (Å²) in [6.45, 7) is 6.43. The van der Waals surface area contributed by atoms with Crippen LogP contribution in [-0.2, 0) is 16.1 Å². The van der Waals surface area contributed by atoms with Gasteiger partial charge in [0.25, 0.3) is 0 Å². The van der Waals surface area contributed by atoms with Crippen LogP contribution in [0.4, 0.5) is 0 Å². The predicted molar refractivity (Wildman–Crippen MR) is 66.9 cm³/mol. The zero-order valence-electron chi connectivity index (χ0n) is 10.8. The van der Waals surface area contributed by atoms with Crippen LogP contribution in [0.5, 0.6) is 0 Å². The highest BCUT2D eigenvalue weighted by Gasteiger charge is 2.33. The molecule has 100 valence electrons. The van der Waals surface area contributed by atoms with E-state index in [2.05, 4.69) is 20.8 Å². The lowest BCUT2D eigenvalue weighted by Gasteiger charge is -2.17. The molecule has 1 amide bonds. The molecule has 0 spiro atoms. The average molecular weight is 252 g/mol. The third-order valence-electron chi connectivity index (χ3n) is 3.27. The van der Waals surface area contributed by atoms with E-state index in [0.717, 1.165) is 17.8 Å². The summed E-state index contributed by atoms with van der Waals surface area (Å²) in [7, 11) is 0. The first kappa shape index (κ1) is 13.0. The highest BCUT2D eigenvalue weighted by Crippen LogP contribution is 2.14. The summed E-state index contributed by atoms with van der Waals surface area (Å²) in [5.41, 5.74) is 2.00. The minimum atomic E-state index is -0.0999. The van der Waals surface area contributed by atoms with E-state index in [1.807, 2.05) is 13.8 Å². The number of carbonyl (C=O) groups excluding carboxylic acids is 1. The fraction of sp³-hybridized carbons (Fsp3) is 0.667. The maximum absolute atomic E-state index is 12.1. The minimum absolute atomic E-state index is 0.0408. The summed E-state index contributed by atoms with van der Waals surface area (Å²) in [5, 5.41) is 13.0. The highest BCUT2D eigenvalue weighted by atomic mass is 16.5. The molecule has 1 aromatic heterocycles. The van der Waals surface area contributed by atoms with Gasteiger partial charge >= 0.3 is 0 Å². The Bertz CT molecular complexity index is 405. The molecule has 1 fully saturated rings. The van der Waals surface area contributed by atoms with Gasteiger partial charge in [-0.3, -0.25) is 9.89 Å². The summed E-state index contributed by atoms with van der Waals surface area (Å²) in [6, 6.07) is 0.125. The number of nitrogens with one attached hydrogen (secondary N) is 3. The van der Waals surface area contributed by atoms with Crippen LogP contribution in [-0.4, -0.2) is 41.9 Å². The van der Waals surface area contributed by atoms with Gasteiger partial charge in [-0.25, -0.2) is 0 Å². The molecular weight excluding hydrogens is 232 g/mol. The molecule has 6 heteroatoms. The molecule has 18 heavy (non-hydrogen) atoms. The Hall–Kier alpha value is -1.40. The molecule has 2 unspecified atom stereocenters. The Labute approximate surface area is 106 Å². The zero-order valence-corrected chi connectivity index (χ0v) is 10.8. The number of likely N-dealkylation sites (N-methyl/N-ethyl adjacent to an activating group) is 1. The van der Waals surface area contributed by atoms with Gasteiger partial charge in [0.05, 0.1) is 25.3 Å². The van der Waals surface area contributed by atoms with E-state index in [-0.39, 0.29) is 17.9 Å². The Kier molecular flexibility index (Phi) is 4.33. The van der Waals surface area contributed by atoms with Crippen LogP contribution in [0, 0.1) is 12.8 Å². The lowest BCUT2D eigenvalue weighted by Crippen LogP contribution is -2.43. The number of aromatic nitrogens is 2. The number of carbonyl (C=O) groups is 1. The Balaban J connectivity index is 1.86. The van der Waals surface area contributed by atoms with Gasteiger partial charge in [0.15, 0.2) is 0 Å². The second-order valence-corrected chi connectivity index (χ2v) is 4.55. The van der Waals surface area contributed by atoms with E-state index in [9.17, 15) is 4.79 Å². The van der Waals surface area contributed by atoms with Crippen molar-refractivity contribution in [3.63, 3.8) is 0 Å². The van der Waals surface area contributed by atoms with Crippen LogP contribution in [0.2, 0.25) is 0 Å². The molecule has 0 bridgehead atoms. The maximum atomic E-state index is 12.1. The standard InChI is InChI=1S/C12H20N4O2/c1-3-13-11-7-18-6-10(11)12(17)14-4-9-5-15-16-8(9)2/h5,10-11,13H,3-4,6-7H2,1-2H3,(H,14,17)(H,15,16). The van der Waals surface area contributed by atoms with Gasteiger partial charge in [0.1, 0.15) is 0 Å². The van der Waals surface area contributed by atoms with Gasteiger partial charge < -0.3 is 15.4 Å². The molecule has 0 saturated carbocycles. The first-order valence-electron chi connectivity index (χ1n) is 6.30. The van der Waals surface area contributed by atoms with Crippen molar-refractivity contribution in [3.05, 3.63) is 17.5 Å². The third-order valence-corrected chi connectivity index (χ3v) is 3.27. The van der Waals surface area contributed by atoms with Gasteiger partial charge in [-0.2, -0.15) is 5.10 Å². The topological polar surface area (TPSA) is 79.0 Å². The van der Waals surface area contributed by atoms with Crippen molar-refractivity contribution >= 4 is 5.91 Å². The summed E-state index contributed by atoms with van der Waals surface area (Å²) in [4.78, 5) is 12.1. The molecule has 3 N–H and O–H groups in total. The van der Waals surface area contributed by atoms with Crippen molar-refractivity contribution in [2.24, 2.45) is 5.92 Å². The summed E-state index contributed by atoms with van der Waals surface area (Å²) < 4.78 is 5.36. The van der Waals surface area contributed by atoms with E-state index in [0.29, 0.717) is 19.8 Å². The number of amides is 1. The van der Waals surface area contributed by atoms with Crippen LogP contribution in [0.25, 0.3) is 0 Å². The van der Waals surface area contributed by atoms with E-state index >= 15 is 0 Å². The third kappa shape index (κ3) is 2.88. The number of aromatic amines is 1. The van der Waals surface area contributed by atoms with Gasteiger partial charge in [-0.15, -0.1) is 0 Å². The molecule has 1 aliphatic rings. The summed E-state index contributed by atoms with van der Waals surface area (Å²) in [6.07, 6.45) is 1.74. The molecule has 1 saturated heterocycles.